The van der Waals surface area contributed by atoms with Crippen molar-refractivity contribution in [3.05, 3.63) is 0 Å². The van der Waals surface area contributed by atoms with Gasteiger partial charge in [-0.15, -0.1) is 0 Å². The zero-order chi connectivity index (χ0) is 66.0. The Labute approximate surface area is 501 Å². The predicted octanol–water partition coefficient (Wildman–Crippen LogP) is -10.3. The lowest BCUT2D eigenvalue weighted by molar-refractivity contribution is -0.145. The number of hydrogen-bond acceptors (Lipinski definition) is 21. The number of carboxylic acid groups (broad SMARTS) is 1. The van der Waals surface area contributed by atoms with Gasteiger partial charge in [0.2, 0.25) is 65.0 Å². The van der Waals surface area contributed by atoms with Gasteiger partial charge in [-0.3, -0.25) is 62.7 Å². The summed E-state index contributed by atoms with van der Waals surface area (Å²) in [6, 6.07) is -17.3. The van der Waals surface area contributed by atoms with Crippen LogP contribution in [0.2, 0.25) is 0 Å². The van der Waals surface area contributed by atoms with Gasteiger partial charge in [-0.05, 0) is 111 Å². The van der Waals surface area contributed by atoms with Gasteiger partial charge in [0.25, 0.3) is 0 Å². The fraction of sp³-hybridized carbons (Fsp3) is 0.714. The SMILES string of the molecule is CSCC[C@H](NC(=O)[C@@H](NC(=O)[C@H](CCCN=C(N)N)NC(=O)[C@H](C)N)[C@@H](C)O)C(=O)N[C@@H](CCC(N)=O)C(=O)N[C@H](C(=O)N[C@@H](C)C(=O)N[C@@H](CCCN=C(N)N)C(=O)N[C@@H](CCCCN)C(=O)N[C@@H](CO)C(=O)N[C@H](C(=O)O)[C@@H](C)O)[C@@H](C)O. The van der Waals surface area contributed by atoms with E-state index in [4.69, 9.17) is 40.1 Å². The summed E-state index contributed by atoms with van der Waals surface area (Å²) >= 11 is 1.25. The first-order chi connectivity index (χ1) is 40.2. The van der Waals surface area contributed by atoms with Gasteiger partial charge in [-0.25, -0.2) is 4.79 Å². The molecule has 11 amide bonds. The van der Waals surface area contributed by atoms with Gasteiger partial charge >= 0.3 is 5.97 Å². The Balaban J connectivity index is 6.68. The maximum Gasteiger partial charge on any atom is 0.328 e. The standard InChI is InChI=1S/C49H91N19O17S/c1-22(51)37(74)60-29(13-10-19-58-49(55)56)42(79)67-35(25(4)71)46(83)64-31(16-20-86-6)41(78)63-30(14-15-33(52)73)43(80)66-34(24(3)70)45(82)59-23(2)38(75)61-28(12-9-18-57-48(53)54)39(76)62-27(11-7-8-17-50)40(77)65-32(21-69)44(81)68-36(26(5)72)47(84)85/h22-32,34-36,69-72H,7-21,50-51H2,1-6H3,(H2,52,73)(H,59,82)(H,60,74)(H,61,75)(H,62,76)(H,63,78)(H,64,83)(H,65,77)(H,66,80)(H,67,79)(H,68,81)(H,84,85)(H4,53,54,57)(H4,55,56,58)/t22-,23-,24+,25+,26+,27-,28-,29-,30-,31-,32-,34-,35-,36-/m0/s1. The molecular weight excluding hydrogens is 1160 g/mol. The highest BCUT2D eigenvalue weighted by atomic mass is 32.2. The molecule has 37 heteroatoms. The number of nitrogens with one attached hydrogen (secondary N) is 10. The molecule has 0 radical (unpaired) electrons. The van der Waals surface area contributed by atoms with E-state index in [1.165, 1.54) is 25.6 Å². The molecule has 0 bridgehead atoms. The van der Waals surface area contributed by atoms with Crippen molar-refractivity contribution < 1.29 is 83.1 Å². The van der Waals surface area contributed by atoms with Crippen molar-refractivity contribution in [2.24, 2.45) is 50.1 Å². The van der Waals surface area contributed by atoms with Crippen molar-refractivity contribution in [3.63, 3.8) is 0 Å². The molecule has 0 saturated carbocycles. The van der Waals surface area contributed by atoms with Gasteiger partial charge < -0.3 is 119 Å². The molecule has 0 aromatic rings. The van der Waals surface area contributed by atoms with E-state index < -0.39 is 175 Å². The highest BCUT2D eigenvalue weighted by Gasteiger charge is 2.37. The van der Waals surface area contributed by atoms with Gasteiger partial charge in [0.15, 0.2) is 18.0 Å². The molecule has 0 aliphatic rings. The summed E-state index contributed by atoms with van der Waals surface area (Å²) in [4.78, 5) is 167. The third-order valence-electron chi connectivity index (χ3n) is 12.4. The monoisotopic (exact) mass is 1250 g/mol. The fourth-order valence-corrected chi connectivity index (χ4v) is 8.04. The fourth-order valence-electron chi connectivity index (χ4n) is 7.57. The number of aliphatic imine (C=N–C) groups is 2. The molecule has 29 N–H and O–H groups in total. The zero-order valence-corrected chi connectivity index (χ0v) is 50.0. The molecule has 0 saturated heterocycles. The van der Waals surface area contributed by atoms with Crippen molar-refractivity contribution in [3.8, 4) is 0 Å². The number of guanidine groups is 2. The van der Waals surface area contributed by atoms with Crippen LogP contribution < -0.4 is 93.3 Å². The molecule has 0 spiro atoms. The largest absolute Gasteiger partial charge is 0.480 e. The van der Waals surface area contributed by atoms with Crippen LogP contribution in [0.1, 0.15) is 98.8 Å². The van der Waals surface area contributed by atoms with E-state index in [9.17, 15) is 83.1 Å². The van der Waals surface area contributed by atoms with Crippen molar-refractivity contribution >= 4 is 94.6 Å². The number of aliphatic carboxylic acids is 1. The van der Waals surface area contributed by atoms with Crippen molar-refractivity contribution in [1.82, 2.24) is 53.2 Å². The van der Waals surface area contributed by atoms with Crippen LogP contribution in [0.25, 0.3) is 0 Å². The molecule has 0 heterocycles. The molecule has 0 aromatic heterocycles. The second-order valence-electron chi connectivity index (χ2n) is 20.1. The molecule has 36 nitrogen and oxygen atoms in total. The van der Waals surface area contributed by atoms with Crippen LogP contribution in [0.5, 0.6) is 0 Å². The summed E-state index contributed by atoms with van der Waals surface area (Å²) < 4.78 is 0. The summed E-state index contributed by atoms with van der Waals surface area (Å²) in [5.41, 5.74) is 38.3. The number of carboxylic acids is 1. The van der Waals surface area contributed by atoms with Gasteiger partial charge in [0.1, 0.15) is 54.4 Å². The quantitative estimate of drug-likeness (QED) is 0.0153. The normalized spacial score (nSPS) is 15.9. The van der Waals surface area contributed by atoms with Crippen molar-refractivity contribution in [2.45, 2.75) is 184 Å². The zero-order valence-electron chi connectivity index (χ0n) is 49.2. The van der Waals surface area contributed by atoms with Gasteiger partial charge in [0, 0.05) is 19.5 Å². The number of primary amides is 1. The Kier molecular flexibility index (Phi) is 37.7. The first kappa shape index (κ1) is 78.3. The maximum absolute atomic E-state index is 14.0. The average Bonchev–Trinajstić information content (AvgIpc) is 2.40. The Morgan fingerprint density at radius 1 is 0.442 bits per heavy atom. The Morgan fingerprint density at radius 2 is 0.791 bits per heavy atom. The van der Waals surface area contributed by atoms with Crippen LogP contribution in [0, 0.1) is 0 Å². The minimum Gasteiger partial charge on any atom is -0.480 e. The molecule has 0 unspecified atom stereocenters. The second-order valence-corrected chi connectivity index (χ2v) is 21.0. The van der Waals surface area contributed by atoms with Gasteiger partial charge in [-0.1, -0.05) is 0 Å². The first-order valence-electron chi connectivity index (χ1n) is 27.5. The number of aliphatic hydroxyl groups excluding tert-OH is 4. The topological polar surface area (TPSA) is 633 Å². The third kappa shape index (κ3) is 30.9. The number of aliphatic hydroxyl groups is 4. The molecule has 0 rings (SSSR count). The summed E-state index contributed by atoms with van der Waals surface area (Å²) in [7, 11) is 0. The van der Waals surface area contributed by atoms with Crippen LogP contribution in [-0.4, -0.2) is 231 Å². The summed E-state index contributed by atoms with van der Waals surface area (Å²) in [5.74, 6) is -13.2. The number of nitrogens with two attached hydrogens (primary N) is 7. The summed E-state index contributed by atoms with van der Waals surface area (Å²) in [5, 5.41) is 74.0. The minimum absolute atomic E-state index is 0.0406. The van der Waals surface area contributed by atoms with Crippen molar-refractivity contribution in [1.29, 1.82) is 0 Å². The second kappa shape index (κ2) is 41.4. The third-order valence-corrected chi connectivity index (χ3v) is 13.1. The van der Waals surface area contributed by atoms with Gasteiger partial charge in [-0.2, -0.15) is 11.8 Å². The minimum atomic E-state index is -1.89. The molecule has 490 valence electrons. The highest BCUT2D eigenvalue weighted by molar-refractivity contribution is 7.98. The van der Waals surface area contributed by atoms with E-state index in [0.717, 1.165) is 20.8 Å². The first-order valence-corrected chi connectivity index (χ1v) is 28.9. The molecular formula is C49H91N19O17S. The van der Waals surface area contributed by atoms with Crippen LogP contribution >= 0.6 is 11.8 Å². The predicted molar refractivity (Wildman–Crippen MR) is 313 cm³/mol. The number of amides is 11. The number of nitrogens with zero attached hydrogens (tertiary/aromatic N) is 2. The molecule has 0 fully saturated rings. The van der Waals surface area contributed by atoms with E-state index in [1.54, 1.807) is 6.26 Å². The number of rotatable bonds is 43. The number of hydrogen-bond donors (Lipinski definition) is 22. The van der Waals surface area contributed by atoms with E-state index in [2.05, 4.69) is 57.8 Å². The van der Waals surface area contributed by atoms with E-state index in [-0.39, 0.29) is 82.3 Å². The highest BCUT2D eigenvalue weighted by Crippen LogP contribution is 2.10. The van der Waals surface area contributed by atoms with Crippen LogP contribution in [0.15, 0.2) is 9.98 Å². The number of carbonyl (C=O) groups excluding carboxylic acids is 11. The molecule has 0 aliphatic heterocycles. The molecule has 0 aliphatic carbocycles. The van der Waals surface area contributed by atoms with Gasteiger partial charge in [0.05, 0.1) is 31.0 Å². The Hall–Kier alpha value is -7.71. The van der Waals surface area contributed by atoms with Crippen LogP contribution in [0.4, 0.5) is 0 Å². The van der Waals surface area contributed by atoms with Crippen LogP contribution in [0.3, 0.4) is 0 Å². The Bertz CT molecular complexity index is 2320. The van der Waals surface area contributed by atoms with E-state index in [0.29, 0.717) is 6.42 Å². The lowest BCUT2D eigenvalue weighted by atomic mass is 10.0. The molecule has 0 aromatic carbocycles. The smallest absolute Gasteiger partial charge is 0.328 e. The number of unbranched alkanes of at least 4 members (excludes halogenated alkanes) is 1. The summed E-state index contributed by atoms with van der Waals surface area (Å²) in [6.07, 6.45) is -3.90. The Morgan fingerprint density at radius 3 is 1.17 bits per heavy atom. The number of thioether (sulfide) groups is 1. The van der Waals surface area contributed by atoms with E-state index in [1.807, 2.05) is 5.32 Å². The van der Waals surface area contributed by atoms with Crippen molar-refractivity contribution in [2.75, 3.05) is 38.2 Å². The number of carbonyl (C=O) groups is 12. The average molecular weight is 1250 g/mol. The molecule has 14 atom stereocenters. The van der Waals surface area contributed by atoms with Crippen LogP contribution in [-0.2, 0) is 57.5 Å². The lowest BCUT2D eigenvalue weighted by Gasteiger charge is -2.29. The summed E-state index contributed by atoms with van der Waals surface area (Å²) in [6.45, 7) is 5.01. The maximum atomic E-state index is 14.0. The molecule has 86 heavy (non-hydrogen) atoms. The van der Waals surface area contributed by atoms with E-state index >= 15 is 0 Å². The lowest BCUT2D eigenvalue weighted by Crippen LogP contribution is -2.62.